The zero-order valence-electron chi connectivity index (χ0n) is 14.2. The SMILES string of the molecule is C[C@@H]1CCCC[C@@H]1NC(=O)c1ccc(S(=O)(=O)NC(C)(C)C)o1. The maximum absolute atomic E-state index is 12.3. The molecule has 7 heteroatoms. The second kappa shape index (κ2) is 6.65. The molecule has 2 rings (SSSR count). The summed E-state index contributed by atoms with van der Waals surface area (Å²) in [6, 6.07) is 2.84. The number of hydrogen-bond donors (Lipinski definition) is 2. The third-order valence-electron chi connectivity index (χ3n) is 3.94. The van der Waals surface area contributed by atoms with Gasteiger partial charge in [-0.25, -0.2) is 13.1 Å². The van der Waals surface area contributed by atoms with Gasteiger partial charge in [-0.15, -0.1) is 0 Å². The number of carbonyl (C=O) groups excluding carboxylic acids is 1. The van der Waals surface area contributed by atoms with Crippen molar-refractivity contribution >= 4 is 15.9 Å². The van der Waals surface area contributed by atoms with Gasteiger partial charge in [-0.3, -0.25) is 4.79 Å². The lowest BCUT2D eigenvalue weighted by Gasteiger charge is -2.29. The van der Waals surface area contributed by atoms with Gasteiger partial charge in [0.25, 0.3) is 15.9 Å². The van der Waals surface area contributed by atoms with E-state index in [0.717, 1.165) is 19.3 Å². The van der Waals surface area contributed by atoms with Crippen molar-refractivity contribution in [3.63, 3.8) is 0 Å². The molecule has 0 unspecified atom stereocenters. The van der Waals surface area contributed by atoms with E-state index in [1.807, 2.05) is 0 Å². The molecule has 1 aromatic rings. The molecule has 2 N–H and O–H groups in total. The molecule has 1 aliphatic carbocycles. The van der Waals surface area contributed by atoms with Crippen molar-refractivity contribution < 1.29 is 17.6 Å². The van der Waals surface area contributed by atoms with E-state index >= 15 is 0 Å². The fourth-order valence-corrected chi connectivity index (χ4v) is 4.16. The summed E-state index contributed by atoms with van der Waals surface area (Å²) in [5, 5.41) is 2.71. The van der Waals surface area contributed by atoms with Crippen molar-refractivity contribution in [3.8, 4) is 0 Å². The quantitative estimate of drug-likeness (QED) is 0.880. The maximum atomic E-state index is 12.3. The Labute approximate surface area is 138 Å². The highest BCUT2D eigenvalue weighted by atomic mass is 32.2. The third kappa shape index (κ3) is 4.81. The first-order chi connectivity index (χ1) is 10.6. The topological polar surface area (TPSA) is 88.4 Å². The lowest BCUT2D eigenvalue weighted by molar-refractivity contribution is 0.0876. The van der Waals surface area contributed by atoms with Crippen LogP contribution in [0.2, 0.25) is 0 Å². The first-order valence-corrected chi connectivity index (χ1v) is 9.51. The van der Waals surface area contributed by atoms with Crippen LogP contribution in [0.5, 0.6) is 0 Å². The molecule has 23 heavy (non-hydrogen) atoms. The summed E-state index contributed by atoms with van der Waals surface area (Å²) in [6.45, 7) is 7.35. The molecular weight excluding hydrogens is 316 g/mol. The van der Waals surface area contributed by atoms with Crippen LogP contribution in [-0.2, 0) is 10.0 Å². The van der Waals surface area contributed by atoms with Crippen LogP contribution in [0.15, 0.2) is 21.6 Å². The lowest BCUT2D eigenvalue weighted by atomic mass is 9.86. The van der Waals surface area contributed by atoms with Gasteiger partial charge in [-0.1, -0.05) is 19.8 Å². The van der Waals surface area contributed by atoms with Crippen LogP contribution < -0.4 is 10.0 Å². The van der Waals surface area contributed by atoms with Crippen LogP contribution in [0.1, 0.15) is 63.9 Å². The fourth-order valence-electron chi connectivity index (χ4n) is 2.81. The van der Waals surface area contributed by atoms with Gasteiger partial charge in [-0.05, 0) is 51.7 Å². The second-order valence-electron chi connectivity index (χ2n) is 7.32. The maximum Gasteiger partial charge on any atom is 0.287 e. The van der Waals surface area contributed by atoms with Gasteiger partial charge in [0.1, 0.15) is 0 Å². The van der Waals surface area contributed by atoms with Crippen molar-refractivity contribution in [2.75, 3.05) is 0 Å². The van der Waals surface area contributed by atoms with Gasteiger partial charge >= 0.3 is 0 Å². The minimum Gasteiger partial charge on any atom is -0.438 e. The van der Waals surface area contributed by atoms with Gasteiger partial charge in [0, 0.05) is 11.6 Å². The summed E-state index contributed by atoms with van der Waals surface area (Å²) < 4.78 is 32.1. The Morgan fingerprint density at radius 3 is 2.48 bits per heavy atom. The number of furan rings is 1. The molecule has 1 fully saturated rings. The van der Waals surface area contributed by atoms with Crippen molar-refractivity contribution in [1.82, 2.24) is 10.0 Å². The van der Waals surface area contributed by atoms with Crippen LogP contribution in [-0.4, -0.2) is 25.9 Å². The van der Waals surface area contributed by atoms with Crippen molar-refractivity contribution in [2.45, 2.75) is 70.1 Å². The summed E-state index contributed by atoms with van der Waals surface area (Å²) in [5.74, 6) is 0.0893. The van der Waals surface area contributed by atoms with Crippen LogP contribution in [0.4, 0.5) is 0 Å². The summed E-state index contributed by atoms with van der Waals surface area (Å²) >= 11 is 0. The molecule has 1 saturated carbocycles. The van der Waals surface area contributed by atoms with E-state index in [0.29, 0.717) is 5.92 Å². The van der Waals surface area contributed by atoms with Crippen molar-refractivity contribution in [3.05, 3.63) is 17.9 Å². The molecule has 1 heterocycles. The minimum absolute atomic E-state index is 0.0251. The Balaban J connectivity index is 2.08. The molecule has 1 amide bonds. The summed E-state index contributed by atoms with van der Waals surface area (Å²) in [5.41, 5.74) is -0.619. The molecule has 1 aliphatic rings. The average molecular weight is 342 g/mol. The Morgan fingerprint density at radius 2 is 1.87 bits per heavy atom. The normalized spacial score (nSPS) is 22.8. The van der Waals surface area contributed by atoms with E-state index < -0.39 is 15.6 Å². The van der Waals surface area contributed by atoms with Crippen LogP contribution in [0.25, 0.3) is 0 Å². The Morgan fingerprint density at radius 1 is 1.22 bits per heavy atom. The Kier molecular flexibility index (Phi) is 5.20. The summed E-state index contributed by atoms with van der Waals surface area (Å²) in [4.78, 5) is 12.3. The lowest BCUT2D eigenvalue weighted by Crippen LogP contribution is -2.41. The smallest absolute Gasteiger partial charge is 0.287 e. The first kappa shape index (κ1) is 18.0. The first-order valence-electron chi connectivity index (χ1n) is 8.03. The Bertz CT molecular complexity index is 658. The molecule has 0 radical (unpaired) electrons. The molecule has 2 atom stereocenters. The molecular formula is C16H26N2O4S. The van der Waals surface area contributed by atoms with Gasteiger partial charge in [0.15, 0.2) is 5.76 Å². The molecule has 0 aromatic carbocycles. The van der Waals surface area contributed by atoms with E-state index in [2.05, 4.69) is 17.0 Å². The molecule has 0 aliphatic heterocycles. The van der Waals surface area contributed by atoms with Gasteiger partial charge in [-0.2, -0.15) is 0 Å². The highest BCUT2D eigenvalue weighted by Gasteiger charge is 2.28. The summed E-state index contributed by atoms with van der Waals surface area (Å²) in [7, 11) is -3.77. The van der Waals surface area contributed by atoms with Crippen LogP contribution in [0, 0.1) is 5.92 Å². The number of sulfonamides is 1. The third-order valence-corrected chi connectivity index (χ3v) is 5.57. The zero-order chi connectivity index (χ0) is 17.3. The van der Waals surface area contributed by atoms with Crippen LogP contribution in [0.3, 0.4) is 0 Å². The highest BCUT2D eigenvalue weighted by Crippen LogP contribution is 2.24. The fraction of sp³-hybridized carbons (Fsp3) is 0.688. The Hall–Kier alpha value is -1.34. The number of hydrogen-bond acceptors (Lipinski definition) is 4. The number of rotatable bonds is 4. The van der Waals surface area contributed by atoms with Gasteiger partial charge in [0.05, 0.1) is 0 Å². The van der Waals surface area contributed by atoms with E-state index in [4.69, 9.17) is 4.42 Å². The minimum atomic E-state index is -3.77. The van der Waals surface area contributed by atoms with E-state index in [9.17, 15) is 13.2 Å². The van der Waals surface area contributed by atoms with Gasteiger partial charge < -0.3 is 9.73 Å². The average Bonchev–Trinajstić information content (AvgIpc) is 2.89. The van der Waals surface area contributed by atoms with Crippen molar-refractivity contribution in [1.29, 1.82) is 0 Å². The van der Waals surface area contributed by atoms with Crippen LogP contribution >= 0.6 is 0 Å². The molecule has 130 valence electrons. The molecule has 1 aromatic heterocycles. The number of amides is 1. The predicted octanol–water partition coefficient (Wildman–Crippen LogP) is 2.66. The van der Waals surface area contributed by atoms with E-state index in [-0.39, 0.29) is 22.8 Å². The van der Waals surface area contributed by atoms with Crippen molar-refractivity contribution in [2.24, 2.45) is 5.92 Å². The monoisotopic (exact) mass is 342 g/mol. The predicted molar refractivity (Wildman–Crippen MR) is 87.7 cm³/mol. The molecule has 0 saturated heterocycles. The number of carbonyl (C=O) groups is 1. The van der Waals surface area contributed by atoms with E-state index in [1.165, 1.54) is 18.6 Å². The molecule has 0 bridgehead atoms. The second-order valence-corrected chi connectivity index (χ2v) is 8.93. The number of nitrogens with one attached hydrogen (secondary N) is 2. The van der Waals surface area contributed by atoms with Gasteiger partial charge in [0.2, 0.25) is 5.09 Å². The summed E-state index contributed by atoms with van der Waals surface area (Å²) in [6.07, 6.45) is 4.33. The zero-order valence-corrected chi connectivity index (χ0v) is 15.0. The largest absolute Gasteiger partial charge is 0.438 e. The standard InChI is InChI=1S/C16H26N2O4S/c1-11-7-5-6-8-12(11)17-15(19)13-9-10-14(22-13)23(20,21)18-16(2,3)4/h9-12,18H,5-8H2,1-4H3,(H,17,19)/t11-,12+/m1/s1. The molecule has 0 spiro atoms. The molecule has 6 nitrogen and oxygen atoms in total. The van der Waals surface area contributed by atoms with E-state index in [1.54, 1.807) is 20.8 Å². The highest BCUT2D eigenvalue weighted by molar-refractivity contribution is 7.89.